The van der Waals surface area contributed by atoms with Gasteiger partial charge in [-0.3, -0.25) is 24.6 Å². The molecule has 0 radical (unpaired) electrons. The molecule has 0 unspecified atom stereocenters. The highest BCUT2D eigenvalue weighted by Gasteiger charge is 2.15. The number of hydrazine groups is 1. The third-order valence-electron chi connectivity index (χ3n) is 2.59. The molecule has 0 fully saturated rings. The third-order valence-corrected chi connectivity index (χ3v) is 3.62. The Labute approximate surface area is 110 Å². The number of aromatic nitrogens is 4. The number of amides is 1. The molecule has 0 saturated carbocycles. The molecule has 0 aromatic carbocycles. The Hall–Kier alpha value is -2.07. The summed E-state index contributed by atoms with van der Waals surface area (Å²) in [6, 6.07) is 0. The molecule has 2 aromatic heterocycles. The first kappa shape index (κ1) is 13.4. The second-order valence-electron chi connectivity index (χ2n) is 3.80. The van der Waals surface area contributed by atoms with E-state index < -0.39 is 11.2 Å². The number of hydrogen-bond acceptors (Lipinski definition) is 6. The summed E-state index contributed by atoms with van der Waals surface area (Å²) in [4.78, 5) is 40.7. The summed E-state index contributed by atoms with van der Waals surface area (Å²) >= 11 is 1.12. The summed E-state index contributed by atoms with van der Waals surface area (Å²) in [6.45, 7) is 0. The van der Waals surface area contributed by atoms with Crippen LogP contribution in [0.2, 0.25) is 0 Å². The highest BCUT2D eigenvalue weighted by Crippen LogP contribution is 2.19. The fraction of sp³-hybridized carbons (Fsp3) is 0.333. The number of H-pyrrole nitrogens is 1. The van der Waals surface area contributed by atoms with Crippen LogP contribution in [-0.2, 0) is 18.9 Å². The molecule has 1 amide bonds. The summed E-state index contributed by atoms with van der Waals surface area (Å²) in [5.74, 6) is 4.68. The molecule has 0 bridgehead atoms. The van der Waals surface area contributed by atoms with Gasteiger partial charge in [0.25, 0.3) is 5.56 Å². The SMILES string of the molecule is Cn1c(SCC(=O)NN)nc2c1c(=O)[nH]c(=O)n2C. The van der Waals surface area contributed by atoms with Gasteiger partial charge in [0.2, 0.25) is 5.91 Å². The molecular formula is C9H12N6O3S. The molecule has 2 aromatic rings. The van der Waals surface area contributed by atoms with E-state index in [-0.39, 0.29) is 22.8 Å². The number of nitrogens with one attached hydrogen (secondary N) is 2. The summed E-state index contributed by atoms with van der Waals surface area (Å²) in [5.41, 5.74) is 1.50. The summed E-state index contributed by atoms with van der Waals surface area (Å²) in [6.07, 6.45) is 0. The Morgan fingerprint density at radius 3 is 2.74 bits per heavy atom. The number of thioether (sulfide) groups is 1. The van der Waals surface area contributed by atoms with E-state index in [9.17, 15) is 14.4 Å². The van der Waals surface area contributed by atoms with Crippen molar-refractivity contribution >= 4 is 28.8 Å². The Balaban J connectivity index is 2.54. The maximum Gasteiger partial charge on any atom is 0.329 e. The lowest BCUT2D eigenvalue weighted by Gasteiger charge is -2.00. The van der Waals surface area contributed by atoms with Crippen LogP contribution in [0.25, 0.3) is 11.2 Å². The van der Waals surface area contributed by atoms with E-state index in [4.69, 9.17) is 5.84 Å². The molecule has 9 nitrogen and oxygen atoms in total. The lowest BCUT2D eigenvalue weighted by atomic mass is 10.5. The smallest absolute Gasteiger partial charge is 0.316 e. The molecule has 0 atom stereocenters. The number of nitrogens with two attached hydrogens (primary N) is 1. The maximum absolute atomic E-state index is 11.7. The largest absolute Gasteiger partial charge is 0.329 e. The molecule has 2 rings (SSSR count). The molecule has 10 heteroatoms. The van der Waals surface area contributed by atoms with Crippen molar-refractivity contribution in [1.29, 1.82) is 0 Å². The number of carbonyl (C=O) groups is 1. The molecule has 0 spiro atoms. The zero-order chi connectivity index (χ0) is 14.2. The molecule has 0 aliphatic carbocycles. The van der Waals surface area contributed by atoms with Crippen LogP contribution in [0.5, 0.6) is 0 Å². The Bertz CT molecular complexity index is 758. The van der Waals surface area contributed by atoms with Crippen molar-refractivity contribution in [2.24, 2.45) is 19.9 Å². The monoisotopic (exact) mass is 284 g/mol. The van der Waals surface area contributed by atoms with Gasteiger partial charge in [-0.2, -0.15) is 0 Å². The maximum atomic E-state index is 11.7. The lowest BCUT2D eigenvalue weighted by molar-refractivity contribution is -0.118. The van der Waals surface area contributed by atoms with Gasteiger partial charge in [0.05, 0.1) is 5.75 Å². The van der Waals surface area contributed by atoms with Crippen molar-refractivity contribution < 1.29 is 4.79 Å². The number of nitrogens with zero attached hydrogens (tertiary/aromatic N) is 3. The summed E-state index contributed by atoms with van der Waals surface area (Å²) in [5, 5.41) is 0.449. The first-order valence-corrected chi connectivity index (χ1v) is 6.22. The lowest BCUT2D eigenvalue weighted by Crippen LogP contribution is -2.31. The van der Waals surface area contributed by atoms with Crippen LogP contribution in [0.1, 0.15) is 0 Å². The molecule has 0 aliphatic heterocycles. The molecule has 19 heavy (non-hydrogen) atoms. The number of carbonyl (C=O) groups excluding carboxylic acids is 1. The number of fused-ring (bicyclic) bond motifs is 1. The molecule has 2 heterocycles. The predicted octanol–water partition coefficient (Wildman–Crippen LogP) is -1.96. The summed E-state index contributed by atoms with van der Waals surface area (Å²) in [7, 11) is 3.15. The topological polar surface area (TPSA) is 128 Å². The molecule has 0 aliphatic rings. The van der Waals surface area contributed by atoms with Crippen molar-refractivity contribution in [3.8, 4) is 0 Å². The van der Waals surface area contributed by atoms with E-state index >= 15 is 0 Å². The molecule has 102 valence electrons. The van der Waals surface area contributed by atoms with Crippen molar-refractivity contribution in [2.45, 2.75) is 5.16 Å². The number of hydrogen-bond donors (Lipinski definition) is 3. The van der Waals surface area contributed by atoms with E-state index in [1.165, 1.54) is 16.2 Å². The molecule has 0 saturated heterocycles. The second-order valence-corrected chi connectivity index (χ2v) is 4.74. The van der Waals surface area contributed by atoms with E-state index in [1.807, 2.05) is 5.43 Å². The minimum Gasteiger partial charge on any atom is -0.316 e. The minimum atomic E-state index is -0.535. The zero-order valence-electron chi connectivity index (χ0n) is 10.3. The standard InChI is InChI=1S/C9H12N6O3S/c1-14-5-6(15(2)8(18)12-7(5)17)11-9(14)19-3-4(16)13-10/h3,10H2,1-2H3,(H,13,16)(H,12,17,18). The first-order chi connectivity index (χ1) is 8.95. The van der Waals surface area contributed by atoms with Crippen molar-refractivity contribution in [3.05, 3.63) is 20.8 Å². The van der Waals surface area contributed by atoms with Gasteiger partial charge in [-0.15, -0.1) is 0 Å². The van der Waals surface area contributed by atoms with Crippen LogP contribution in [0, 0.1) is 0 Å². The van der Waals surface area contributed by atoms with Crippen molar-refractivity contribution in [2.75, 3.05) is 5.75 Å². The van der Waals surface area contributed by atoms with Gasteiger partial charge in [0.15, 0.2) is 16.3 Å². The van der Waals surface area contributed by atoms with Gasteiger partial charge in [-0.25, -0.2) is 15.6 Å². The van der Waals surface area contributed by atoms with Gasteiger partial charge < -0.3 is 4.57 Å². The normalized spacial score (nSPS) is 10.9. The average molecular weight is 284 g/mol. The van der Waals surface area contributed by atoms with E-state index in [0.717, 1.165) is 11.8 Å². The van der Waals surface area contributed by atoms with Crippen LogP contribution < -0.4 is 22.5 Å². The highest BCUT2D eigenvalue weighted by atomic mass is 32.2. The summed E-state index contributed by atoms with van der Waals surface area (Å²) < 4.78 is 2.77. The van der Waals surface area contributed by atoms with Crippen LogP contribution in [-0.4, -0.2) is 30.8 Å². The van der Waals surface area contributed by atoms with Crippen molar-refractivity contribution in [3.63, 3.8) is 0 Å². The molecular weight excluding hydrogens is 272 g/mol. The van der Waals surface area contributed by atoms with Crippen LogP contribution in [0.4, 0.5) is 0 Å². The van der Waals surface area contributed by atoms with Gasteiger partial charge in [0, 0.05) is 14.1 Å². The second kappa shape index (κ2) is 4.90. The van der Waals surface area contributed by atoms with E-state index in [1.54, 1.807) is 7.05 Å². The van der Waals surface area contributed by atoms with Gasteiger partial charge in [0.1, 0.15) is 0 Å². The van der Waals surface area contributed by atoms with Gasteiger partial charge in [-0.1, -0.05) is 11.8 Å². The third kappa shape index (κ3) is 2.27. The first-order valence-electron chi connectivity index (χ1n) is 5.23. The zero-order valence-corrected chi connectivity index (χ0v) is 11.1. The number of aryl methyl sites for hydroxylation is 2. The predicted molar refractivity (Wildman–Crippen MR) is 69.6 cm³/mol. The van der Waals surface area contributed by atoms with E-state index in [2.05, 4.69) is 9.97 Å². The quantitative estimate of drug-likeness (QED) is 0.260. The van der Waals surface area contributed by atoms with Gasteiger partial charge in [-0.05, 0) is 0 Å². The van der Waals surface area contributed by atoms with Crippen molar-refractivity contribution in [1.82, 2.24) is 24.5 Å². The van der Waals surface area contributed by atoms with Crippen LogP contribution in [0.15, 0.2) is 14.7 Å². The Morgan fingerprint density at radius 2 is 2.11 bits per heavy atom. The fourth-order valence-corrected chi connectivity index (χ4v) is 2.37. The Morgan fingerprint density at radius 1 is 1.42 bits per heavy atom. The number of aromatic amines is 1. The number of rotatable bonds is 3. The van der Waals surface area contributed by atoms with Crippen LogP contribution in [0.3, 0.4) is 0 Å². The van der Waals surface area contributed by atoms with E-state index in [0.29, 0.717) is 5.16 Å². The molecule has 4 N–H and O–H groups in total. The van der Waals surface area contributed by atoms with Gasteiger partial charge >= 0.3 is 5.69 Å². The number of imidazole rings is 1. The van der Waals surface area contributed by atoms with Crippen LogP contribution >= 0.6 is 11.8 Å². The average Bonchev–Trinajstić information content (AvgIpc) is 2.71. The fourth-order valence-electron chi connectivity index (χ4n) is 1.59. The Kier molecular flexibility index (Phi) is 3.44. The highest BCUT2D eigenvalue weighted by molar-refractivity contribution is 7.99. The minimum absolute atomic E-state index is 0.0690.